The fraction of sp³-hybridized carbons (Fsp3) is 1.00. The van der Waals surface area contributed by atoms with Crippen LogP contribution in [0.2, 0.25) is 0 Å². The first-order valence-corrected chi connectivity index (χ1v) is 7.57. The molecule has 0 aromatic heterocycles. The molecule has 0 spiro atoms. The molecule has 0 aromatic carbocycles. The standard InChI is InChI=1S/C15H29NO2/c1-15(2)8-7-12(14(15)18)10-16-9-5-3-4-6-13(16)11-17/h12-14,17-18H,3-11H2,1-2H3. The highest BCUT2D eigenvalue weighted by molar-refractivity contribution is 4.93. The van der Waals surface area contributed by atoms with Gasteiger partial charge >= 0.3 is 0 Å². The van der Waals surface area contributed by atoms with Gasteiger partial charge in [0.1, 0.15) is 0 Å². The summed E-state index contributed by atoms with van der Waals surface area (Å²) in [6.45, 7) is 6.67. The van der Waals surface area contributed by atoms with E-state index in [0.29, 0.717) is 12.0 Å². The first kappa shape index (κ1) is 14.3. The first-order chi connectivity index (χ1) is 8.54. The predicted octanol–water partition coefficient (Wildman–Crippen LogP) is 2.02. The third-order valence-corrected chi connectivity index (χ3v) is 5.09. The Morgan fingerprint density at radius 2 is 1.94 bits per heavy atom. The zero-order chi connectivity index (χ0) is 13.2. The molecule has 3 unspecified atom stereocenters. The van der Waals surface area contributed by atoms with Gasteiger partial charge in [0.2, 0.25) is 0 Å². The van der Waals surface area contributed by atoms with Crippen LogP contribution in [0.3, 0.4) is 0 Å². The number of hydrogen-bond donors (Lipinski definition) is 2. The second-order valence-corrected chi connectivity index (χ2v) is 6.91. The molecule has 0 amide bonds. The van der Waals surface area contributed by atoms with E-state index in [1.165, 1.54) is 19.3 Å². The van der Waals surface area contributed by atoms with Crippen LogP contribution in [-0.4, -0.2) is 47.0 Å². The number of hydrogen-bond acceptors (Lipinski definition) is 3. The molecule has 3 heteroatoms. The van der Waals surface area contributed by atoms with Crippen molar-refractivity contribution in [2.24, 2.45) is 11.3 Å². The van der Waals surface area contributed by atoms with Gasteiger partial charge in [0.05, 0.1) is 12.7 Å². The van der Waals surface area contributed by atoms with E-state index in [0.717, 1.165) is 32.4 Å². The zero-order valence-electron chi connectivity index (χ0n) is 11.9. The second kappa shape index (κ2) is 5.89. The molecule has 2 rings (SSSR count). The van der Waals surface area contributed by atoms with E-state index in [4.69, 9.17) is 0 Å². The minimum Gasteiger partial charge on any atom is -0.395 e. The van der Waals surface area contributed by atoms with Crippen LogP contribution in [0.5, 0.6) is 0 Å². The van der Waals surface area contributed by atoms with Crippen molar-refractivity contribution in [2.75, 3.05) is 19.7 Å². The van der Waals surface area contributed by atoms with Crippen molar-refractivity contribution in [3.8, 4) is 0 Å². The first-order valence-electron chi connectivity index (χ1n) is 7.57. The van der Waals surface area contributed by atoms with E-state index < -0.39 is 0 Å². The van der Waals surface area contributed by atoms with E-state index >= 15 is 0 Å². The molecule has 1 saturated carbocycles. The van der Waals surface area contributed by atoms with Crippen molar-refractivity contribution >= 4 is 0 Å². The zero-order valence-corrected chi connectivity index (χ0v) is 11.9. The predicted molar refractivity (Wildman–Crippen MR) is 73.4 cm³/mol. The summed E-state index contributed by atoms with van der Waals surface area (Å²) in [7, 11) is 0. The summed E-state index contributed by atoms with van der Waals surface area (Å²) in [6.07, 6.45) is 6.94. The minimum atomic E-state index is -0.180. The van der Waals surface area contributed by atoms with E-state index in [2.05, 4.69) is 18.7 Å². The number of aliphatic hydroxyl groups is 2. The molecule has 18 heavy (non-hydrogen) atoms. The third-order valence-electron chi connectivity index (χ3n) is 5.09. The van der Waals surface area contributed by atoms with Crippen LogP contribution in [0, 0.1) is 11.3 Å². The molecule has 2 fully saturated rings. The van der Waals surface area contributed by atoms with Gasteiger partial charge in [-0.05, 0) is 43.6 Å². The molecule has 2 N–H and O–H groups in total. The fourth-order valence-electron chi connectivity index (χ4n) is 3.68. The van der Waals surface area contributed by atoms with Crippen molar-refractivity contribution in [2.45, 2.75) is 64.5 Å². The number of rotatable bonds is 3. The normalized spacial score (nSPS) is 37.7. The lowest BCUT2D eigenvalue weighted by Gasteiger charge is -2.33. The van der Waals surface area contributed by atoms with Crippen molar-refractivity contribution < 1.29 is 10.2 Å². The Morgan fingerprint density at radius 1 is 1.17 bits per heavy atom. The number of aliphatic hydroxyl groups excluding tert-OH is 2. The maximum atomic E-state index is 10.4. The highest BCUT2D eigenvalue weighted by atomic mass is 16.3. The van der Waals surface area contributed by atoms with Gasteiger partial charge in [-0.15, -0.1) is 0 Å². The van der Waals surface area contributed by atoms with Gasteiger partial charge in [0.25, 0.3) is 0 Å². The monoisotopic (exact) mass is 255 g/mol. The molecule has 3 nitrogen and oxygen atoms in total. The summed E-state index contributed by atoms with van der Waals surface area (Å²) < 4.78 is 0. The Kier molecular flexibility index (Phi) is 4.68. The summed E-state index contributed by atoms with van der Waals surface area (Å²) in [5.41, 5.74) is 0.0746. The molecule has 2 aliphatic rings. The van der Waals surface area contributed by atoms with Gasteiger partial charge < -0.3 is 10.2 Å². The Labute approximate surface area is 111 Å². The Balaban J connectivity index is 1.95. The molecule has 1 aliphatic heterocycles. The largest absolute Gasteiger partial charge is 0.395 e. The molecule has 0 radical (unpaired) electrons. The summed E-state index contributed by atoms with van der Waals surface area (Å²) in [5.74, 6) is 0.396. The number of nitrogens with zero attached hydrogens (tertiary/aromatic N) is 1. The lowest BCUT2D eigenvalue weighted by atomic mass is 9.87. The third kappa shape index (κ3) is 3.06. The van der Waals surface area contributed by atoms with Crippen LogP contribution < -0.4 is 0 Å². The van der Waals surface area contributed by atoms with Gasteiger partial charge in [0, 0.05) is 12.6 Å². The van der Waals surface area contributed by atoms with Gasteiger partial charge in [-0.25, -0.2) is 0 Å². The van der Waals surface area contributed by atoms with Crippen LogP contribution in [0.25, 0.3) is 0 Å². The molecule has 106 valence electrons. The quantitative estimate of drug-likeness (QED) is 0.811. The maximum absolute atomic E-state index is 10.4. The average molecular weight is 255 g/mol. The summed E-state index contributed by atoms with van der Waals surface area (Å²) in [4.78, 5) is 2.43. The SMILES string of the molecule is CC1(C)CCC(CN2CCCCCC2CO)C1O. The van der Waals surface area contributed by atoms with Crippen molar-refractivity contribution in [1.29, 1.82) is 0 Å². The van der Waals surface area contributed by atoms with E-state index in [1.807, 2.05) is 0 Å². The molecule has 0 aromatic rings. The second-order valence-electron chi connectivity index (χ2n) is 6.91. The molecule has 1 saturated heterocycles. The summed E-state index contributed by atoms with van der Waals surface area (Å²) in [5, 5.41) is 19.9. The Hall–Kier alpha value is -0.120. The van der Waals surface area contributed by atoms with E-state index in [-0.39, 0.29) is 18.1 Å². The molecular weight excluding hydrogens is 226 g/mol. The molecular formula is C15H29NO2. The van der Waals surface area contributed by atoms with Gasteiger partial charge in [-0.2, -0.15) is 0 Å². The van der Waals surface area contributed by atoms with Gasteiger partial charge in [-0.3, -0.25) is 4.90 Å². The lowest BCUT2D eigenvalue weighted by Crippen LogP contribution is -2.43. The molecule has 0 bridgehead atoms. The van der Waals surface area contributed by atoms with Gasteiger partial charge in [-0.1, -0.05) is 26.7 Å². The molecule has 1 aliphatic carbocycles. The topological polar surface area (TPSA) is 43.7 Å². The fourth-order valence-corrected chi connectivity index (χ4v) is 3.68. The Morgan fingerprint density at radius 3 is 2.56 bits per heavy atom. The summed E-state index contributed by atoms with van der Waals surface area (Å²) in [6, 6.07) is 0.323. The smallest absolute Gasteiger partial charge is 0.0631 e. The average Bonchev–Trinajstić information content (AvgIpc) is 2.55. The van der Waals surface area contributed by atoms with E-state index in [9.17, 15) is 10.2 Å². The van der Waals surface area contributed by atoms with Crippen LogP contribution >= 0.6 is 0 Å². The highest BCUT2D eigenvalue weighted by Gasteiger charge is 2.41. The highest BCUT2D eigenvalue weighted by Crippen LogP contribution is 2.41. The molecule has 3 atom stereocenters. The van der Waals surface area contributed by atoms with Crippen molar-refractivity contribution in [1.82, 2.24) is 4.90 Å². The molecule has 1 heterocycles. The van der Waals surface area contributed by atoms with Crippen LogP contribution in [-0.2, 0) is 0 Å². The minimum absolute atomic E-state index is 0.0746. The maximum Gasteiger partial charge on any atom is 0.0631 e. The Bertz CT molecular complexity index is 267. The van der Waals surface area contributed by atoms with E-state index in [1.54, 1.807) is 0 Å². The van der Waals surface area contributed by atoms with Crippen LogP contribution in [0.1, 0.15) is 52.4 Å². The van der Waals surface area contributed by atoms with Crippen LogP contribution in [0.15, 0.2) is 0 Å². The van der Waals surface area contributed by atoms with Crippen molar-refractivity contribution in [3.05, 3.63) is 0 Å². The number of likely N-dealkylation sites (tertiary alicyclic amines) is 1. The summed E-state index contributed by atoms with van der Waals surface area (Å²) >= 11 is 0. The lowest BCUT2D eigenvalue weighted by molar-refractivity contribution is 0.0207. The van der Waals surface area contributed by atoms with Crippen LogP contribution in [0.4, 0.5) is 0 Å². The van der Waals surface area contributed by atoms with Crippen molar-refractivity contribution in [3.63, 3.8) is 0 Å². The van der Waals surface area contributed by atoms with Gasteiger partial charge in [0.15, 0.2) is 0 Å².